The molecule has 1 aromatic rings. The standard InChI is InChI=1S/C14H18O3/c1-9(2)17-14(15)13-12-8-10(3)4-5-11(12)6-7-16-13/h4-5,8-9,13H,6-7H2,1-3H3. The third-order valence-electron chi connectivity index (χ3n) is 2.81. The fraction of sp³-hybridized carbons (Fsp3) is 0.500. The van der Waals surface area contributed by atoms with E-state index in [1.54, 1.807) is 0 Å². The molecule has 0 fully saturated rings. The number of fused-ring (bicyclic) bond motifs is 1. The summed E-state index contributed by atoms with van der Waals surface area (Å²) >= 11 is 0. The summed E-state index contributed by atoms with van der Waals surface area (Å²) in [7, 11) is 0. The molecule has 1 unspecified atom stereocenters. The van der Waals surface area contributed by atoms with Crippen molar-refractivity contribution >= 4 is 5.97 Å². The molecule has 2 rings (SSSR count). The van der Waals surface area contributed by atoms with Crippen molar-refractivity contribution in [2.45, 2.75) is 39.4 Å². The van der Waals surface area contributed by atoms with Crippen molar-refractivity contribution in [3.05, 3.63) is 34.9 Å². The van der Waals surface area contributed by atoms with Crippen LogP contribution in [0.3, 0.4) is 0 Å². The molecule has 0 spiro atoms. The average Bonchev–Trinajstić information content (AvgIpc) is 2.27. The van der Waals surface area contributed by atoms with Crippen molar-refractivity contribution in [2.75, 3.05) is 6.61 Å². The van der Waals surface area contributed by atoms with Gasteiger partial charge in [-0.05, 0) is 38.3 Å². The normalized spacial score (nSPS) is 18.9. The molecule has 1 aliphatic rings. The van der Waals surface area contributed by atoms with E-state index in [-0.39, 0.29) is 12.1 Å². The van der Waals surface area contributed by atoms with Gasteiger partial charge in [0.25, 0.3) is 0 Å². The van der Waals surface area contributed by atoms with Crippen LogP contribution in [0.5, 0.6) is 0 Å². The zero-order valence-corrected chi connectivity index (χ0v) is 10.5. The van der Waals surface area contributed by atoms with E-state index in [1.807, 2.05) is 26.8 Å². The second kappa shape index (κ2) is 4.88. The topological polar surface area (TPSA) is 35.5 Å². The third-order valence-corrected chi connectivity index (χ3v) is 2.81. The van der Waals surface area contributed by atoms with Gasteiger partial charge in [0.2, 0.25) is 0 Å². The lowest BCUT2D eigenvalue weighted by molar-refractivity contribution is -0.162. The zero-order valence-electron chi connectivity index (χ0n) is 10.5. The average molecular weight is 234 g/mol. The Morgan fingerprint density at radius 2 is 2.24 bits per heavy atom. The van der Waals surface area contributed by atoms with Gasteiger partial charge in [-0.2, -0.15) is 0 Å². The highest BCUT2D eigenvalue weighted by Crippen LogP contribution is 2.29. The second-order valence-electron chi connectivity index (χ2n) is 4.69. The van der Waals surface area contributed by atoms with Crippen molar-refractivity contribution in [3.8, 4) is 0 Å². The Kier molecular flexibility index (Phi) is 3.48. The van der Waals surface area contributed by atoms with E-state index in [9.17, 15) is 4.79 Å². The van der Waals surface area contributed by atoms with E-state index in [0.717, 1.165) is 17.5 Å². The molecule has 92 valence electrons. The van der Waals surface area contributed by atoms with Gasteiger partial charge >= 0.3 is 5.97 Å². The Labute approximate surface area is 102 Å². The molecule has 0 amide bonds. The van der Waals surface area contributed by atoms with Crippen molar-refractivity contribution in [3.63, 3.8) is 0 Å². The first-order valence-electron chi connectivity index (χ1n) is 5.99. The highest BCUT2D eigenvalue weighted by Gasteiger charge is 2.29. The fourth-order valence-corrected chi connectivity index (χ4v) is 2.05. The molecule has 0 N–H and O–H groups in total. The van der Waals surface area contributed by atoms with Crippen LogP contribution in [-0.4, -0.2) is 18.7 Å². The molecule has 3 nitrogen and oxygen atoms in total. The van der Waals surface area contributed by atoms with E-state index in [1.165, 1.54) is 5.56 Å². The molecule has 1 atom stereocenters. The molecule has 3 heteroatoms. The minimum absolute atomic E-state index is 0.110. The highest BCUT2D eigenvalue weighted by molar-refractivity contribution is 5.77. The van der Waals surface area contributed by atoms with Crippen LogP contribution in [-0.2, 0) is 20.7 Å². The molecule has 0 saturated heterocycles. The first-order valence-corrected chi connectivity index (χ1v) is 5.99. The summed E-state index contributed by atoms with van der Waals surface area (Å²) in [5.74, 6) is -0.286. The van der Waals surface area contributed by atoms with Gasteiger partial charge in [0.15, 0.2) is 6.10 Å². The van der Waals surface area contributed by atoms with Crippen LogP contribution in [0.4, 0.5) is 0 Å². The molecule has 0 aliphatic carbocycles. The van der Waals surface area contributed by atoms with E-state index in [4.69, 9.17) is 9.47 Å². The van der Waals surface area contributed by atoms with Crippen LogP contribution in [0.25, 0.3) is 0 Å². The summed E-state index contributed by atoms with van der Waals surface area (Å²) in [6.45, 7) is 6.28. The number of esters is 1. The SMILES string of the molecule is Cc1ccc2c(c1)C(C(=O)OC(C)C)OCC2. The van der Waals surface area contributed by atoms with Crippen LogP contribution in [0, 0.1) is 6.92 Å². The van der Waals surface area contributed by atoms with E-state index >= 15 is 0 Å². The number of carbonyl (C=O) groups excluding carboxylic acids is 1. The number of rotatable bonds is 2. The maximum atomic E-state index is 11.9. The number of benzene rings is 1. The van der Waals surface area contributed by atoms with Gasteiger partial charge in [-0.25, -0.2) is 4.79 Å². The summed E-state index contributed by atoms with van der Waals surface area (Å²) in [6.07, 6.45) is 0.198. The van der Waals surface area contributed by atoms with Crippen molar-refractivity contribution in [1.82, 2.24) is 0 Å². The molecule has 1 aliphatic heterocycles. The van der Waals surface area contributed by atoms with Gasteiger partial charge in [-0.1, -0.05) is 23.8 Å². The third kappa shape index (κ3) is 2.67. The van der Waals surface area contributed by atoms with Crippen molar-refractivity contribution < 1.29 is 14.3 Å². The largest absolute Gasteiger partial charge is 0.461 e. The molecule has 1 aromatic carbocycles. The van der Waals surface area contributed by atoms with Crippen LogP contribution >= 0.6 is 0 Å². The van der Waals surface area contributed by atoms with Crippen LogP contribution < -0.4 is 0 Å². The first kappa shape index (κ1) is 12.1. The van der Waals surface area contributed by atoms with Gasteiger partial charge in [-0.15, -0.1) is 0 Å². The van der Waals surface area contributed by atoms with E-state index < -0.39 is 6.10 Å². The van der Waals surface area contributed by atoms with Gasteiger partial charge < -0.3 is 9.47 Å². The number of ether oxygens (including phenoxy) is 2. The predicted octanol–water partition coefficient (Wildman–Crippen LogP) is 2.56. The minimum Gasteiger partial charge on any atom is -0.461 e. The van der Waals surface area contributed by atoms with Crippen LogP contribution in [0.2, 0.25) is 0 Å². The van der Waals surface area contributed by atoms with Crippen molar-refractivity contribution in [2.24, 2.45) is 0 Å². The van der Waals surface area contributed by atoms with E-state index in [0.29, 0.717) is 6.61 Å². The summed E-state index contributed by atoms with van der Waals surface area (Å²) in [6, 6.07) is 6.15. The van der Waals surface area contributed by atoms with Crippen LogP contribution in [0.15, 0.2) is 18.2 Å². The predicted molar refractivity (Wildman–Crippen MR) is 64.8 cm³/mol. The Balaban J connectivity index is 2.27. The molecule has 1 heterocycles. The van der Waals surface area contributed by atoms with Gasteiger partial charge in [0.05, 0.1) is 12.7 Å². The number of aryl methyl sites for hydroxylation is 1. The number of hydrogen-bond donors (Lipinski definition) is 0. The molecule has 17 heavy (non-hydrogen) atoms. The Hall–Kier alpha value is -1.35. The van der Waals surface area contributed by atoms with Crippen molar-refractivity contribution in [1.29, 1.82) is 0 Å². The lowest BCUT2D eigenvalue weighted by atomic mass is 9.95. The molecule has 0 bridgehead atoms. The second-order valence-corrected chi connectivity index (χ2v) is 4.69. The van der Waals surface area contributed by atoms with Gasteiger partial charge in [0.1, 0.15) is 0 Å². The van der Waals surface area contributed by atoms with E-state index in [2.05, 4.69) is 12.1 Å². The molecule has 0 saturated carbocycles. The maximum absolute atomic E-state index is 11.9. The molecular weight excluding hydrogens is 216 g/mol. The summed E-state index contributed by atoms with van der Waals surface area (Å²) in [4.78, 5) is 11.9. The summed E-state index contributed by atoms with van der Waals surface area (Å²) in [5, 5.41) is 0. The van der Waals surface area contributed by atoms with Crippen LogP contribution in [0.1, 0.15) is 36.6 Å². The maximum Gasteiger partial charge on any atom is 0.340 e. The minimum atomic E-state index is -0.555. The lowest BCUT2D eigenvalue weighted by Crippen LogP contribution is -2.27. The highest BCUT2D eigenvalue weighted by atomic mass is 16.6. The monoisotopic (exact) mass is 234 g/mol. The summed E-state index contributed by atoms with van der Waals surface area (Å²) < 4.78 is 10.8. The van der Waals surface area contributed by atoms with Gasteiger partial charge in [-0.3, -0.25) is 0 Å². The fourth-order valence-electron chi connectivity index (χ4n) is 2.05. The molecule has 0 radical (unpaired) electrons. The smallest absolute Gasteiger partial charge is 0.340 e. The molecule has 0 aromatic heterocycles. The number of hydrogen-bond acceptors (Lipinski definition) is 3. The lowest BCUT2D eigenvalue weighted by Gasteiger charge is -2.25. The summed E-state index contributed by atoms with van der Waals surface area (Å²) in [5.41, 5.74) is 3.28. The first-order chi connectivity index (χ1) is 8.08. The molecular formula is C14H18O3. The number of carbonyl (C=O) groups is 1. The quantitative estimate of drug-likeness (QED) is 0.738. The Morgan fingerprint density at radius 1 is 1.47 bits per heavy atom. The zero-order chi connectivity index (χ0) is 12.4. The van der Waals surface area contributed by atoms with Gasteiger partial charge in [0, 0.05) is 0 Å². The Morgan fingerprint density at radius 3 is 2.94 bits per heavy atom. The Bertz CT molecular complexity index is 423.